The number of hydrogen-bond donors (Lipinski definition) is 0. The predicted molar refractivity (Wildman–Crippen MR) is 98.4 cm³/mol. The van der Waals surface area contributed by atoms with Crippen molar-refractivity contribution in [2.75, 3.05) is 0 Å². The normalized spacial score (nSPS) is 18.9. The standard InChI is InChI=1S/C18H26BN3O3/c1-13(2)10-21-12-15(7-8-16(21)23)22-11-14(9-20-22)19-24-17(3,4)18(5,6)25-19/h7-9,11-13H,10H2,1-6H3. The summed E-state index contributed by atoms with van der Waals surface area (Å²) in [7, 11) is -0.444. The smallest absolute Gasteiger partial charge is 0.399 e. The number of aromatic nitrogens is 3. The largest absolute Gasteiger partial charge is 0.498 e. The second kappa shape index (κ2) is 6.14. The first-order valence-electron chi connectivity index (χ1n) is 8.70. The van der Waals surface area contributed by atoms with E-state index in [4.69, 9.17) is 9.31 Å². The highest BCUT2D eigenvalue weighted by Crippen LogP contribution is 2.36. The molecule has 0 spiro atoms. The lowest BCUT2D eigenvalue weighted by Gasteiger charge is -2.32. The molecule has 6 nitrogen and oxygen atoms in total. The van der Waals surface area contributed by atoms with E-state index in [2.05, 4.69) is 18.9 Å². The van der Waals surface area contributed by atoms with Gasteiger partial charge in [-0.2, -0.15) is 5.10 Å². The molecule has 1 fully saturated rings. The van der Waals surface area contributed by atoms with Crippen molar-refractivity contribution in [2.24, 2.45) is 5.92 Å². The first-order chi connectivity index (χ1) is 11.6. The molecule has 2 aromatic heterocycles. The lowest BCUT2D eigenvalue weighted by atomic mass is 9.82. The highest BCUT2D eigenvalue weighted by molar-refractivity contribution is 6.62. The third kappa shape index (κ3) is 3.44. The Labute approximate surface area is 148 Å². The van der Waals surface area contributed by atoms with Gasteiger partial charge in [0.25, 0.3) is 5.56 Å². The summed E-state index contributed by atoms with van der Waals surface area (Å²) in [6.07, 6.45) is 5.48. The fourth-order valence-electron chi connectivity index (χ4n) is 2.77. The summed E-state index contributed by atoms with van der Waals surface area (Å²) in [5.41, 5.74) is 0.924. The van der Waals surface area contributed by atoms with E-state index in [1.165, 1.54) is 0 Å². The molecule has 0 radical (unpaired) electrons. The molecule has 1 aliphatic rings. The summed E-state index contributed by atoms with van der Waals surface area (Å²) < 4.78 is 15.6. The number of pyridine rings is 1. The van der Waals surface area contributed by atoms with Gasteiger partial charge in [-0.1, -0.05) is 13.8 Å². The average molecular weight is 343 g/mol. The molecule has 0 unspecified atom stereocenters. The summed E-state index contributed by atoms with van der Waals surface area (Å²) in [6, 6.07) is 3.36. The Balaban J connectivity index is 1.87. The van der Waals surface area contributed by atoms with Crippen LogP contribution in [-0.4, -0.2) is 32.7 Å². The van der Waals surface area contributed by atoms with Crippen LogP contribution in [0.2, 0.25) is 0 Å². The molecule has 0 aliphatic carbocycles. The third-order valence-electron chi connectivity index (χ3n) is 4.92. The maximum Gasteiger partial charge on any atom is 0.498 e. The molecule has 1 saturated heterocycles. The quantitative estimate of drug-likeness (QED) is 0.797. The Hall–Kier alpha value is -1.86. The van der Waals surface area contributed by atoms with E-state index in [1.54, 1.807) is 27.6 Å². The molecule has 25 heavy (non-hydrogen) atoms. The topological polar surface area (TPSA) is 58.3 Å². The molecule has 3 heterocycles. The summed E-state index contributed by atoms with van der Waals surface area (Å²) in [5.74, 6) is 0.394. The van der Waals surface area contributed by atoms with E-state index in [0.717, 1.165) is 11.2 Å². The summed E-state index contributed by atoms with van der Waals surface area (Å²) in [5, 5.41) is 4.42. The fraction of sp³-hybridized carbons (Fsp3) is 0.556. The van der Waals surface area contributed by atoms with Crippen LogP contribution in [-0.2, 0) is 15.9 Å². The zero-order valence-corrected chi connectivity index (χ0v) is 15.8. The van der Waals surface area contributed by atoms with Crippen molar-refractivity contribution in [3.63, 3.8) is 0 Å². The molecule has 0 N–H and O–H groups in total. The molecule has 0 bridgehead atoms. The second-order valence-corrected chi connectivity index (χ2v) is 8.08. The predicted octanol–water partition coefficient (Wildman–Crippen LogP) is 1.99. The van der Waals surface area contributed by atoms with Crippen LogP contribution in [0.1, 0.15) is 41.5 Å². The highest BCUT2D eigenvalue weighted by Gasteiger charge is 2.52. The van der Waals surface area contributed by atoms with Gasteiger partial charge >= 0.3 is 7.12 Å². The summed E-state index contributed by atoms with van der Waals surface area (Å²) in [4.78, 5) is 12.0. The van der Waals surface area contributed by atoms with Crippen molar-refractivity contribution in [1.82, 2.24) is 14.3 Å². The van der Waals surface area contributed by atoms with Gasteiger partial charge in [0.05, 0.1) is 16.9 Å². The molecule has 2 aromatic rings. The molecule has 7 heteroatoms. The van der Waals surface area contributed by atoms with E-state index in [-0.39, 0.29) is 16.8 Å². The van der Waals surface area contributed by atoms with Gasteiger partial charge in [-0.25, -0.2) is 4.68 Å². The van der Waals surface area contributed by atoms with Gasteiger partial charge in [-0.3, -0.25) is 4.79 Å². The SMILES string of the molecule is CC(C)Cn1cc(-n2cc(B3OC(C)(C)C(C)(C)O3)cn2)ccc1=O. The maximum atomic E-state index is 12.0. The van der Waals surface area contributed by atoms with Gasteiger partial charge < -0.3 is 13.9 Å². The van der Waals surface area contributed by atoms with E-state index < -0.39 is 7.12 Å². The van der Waals surface area contributed by atoms with E-state index >= 15 is 0 Å². The van der Waals surface area contributed by atoms with Crippen LogP contribution in [0, 0.1) is 5.92 Å². The maximum absolute atomic E-state index is 12.0. The van der Waals surface area contributed by atoms with Crippen LogP contribution in [0.4, 0.5) is 0 Å². The van der Waals surface area contributed by atoms with Gasteiger partial charge in [0, 0.05) is 36.7 Å². The van der Waals surface area contributed by atoms with Gasteiger partial charge in [0.2, 0.25) is 0 Å². The van der Waals surface area contributed by atoms with Gasteiger partial charge in [0.15, 0.2) is 0 Å². The molecule has 1 aliphatic heterocycles. The van der Waals surface area contributed by atoms with Crippen LogP contribution in [0.5, 0.6) is 0 Å². The van der Waals surface area contributed by atoms with E-state index in [9.17, 15) is 4.79 Å². The van der Waals surface area contributed by atoms with Crippen LogP contribution in [0.25, 0.3) is 5.69 Å². The van der Waals surface area contributed by atoms with Crippen molar-refractivity contribution >= 4 is 12.6 Å². The number of hydrogen-bond acceptors (Lipinski definition) is 4. The van der Waals surface area contributed by atoms with Crippen LogP contribution < -0.4 is 11.0 Å². The van der Waals surface area contributed by atoms with Crippen molar-refractivity contribution in [1.29, 1.82) is 0 Å². The average Bonchev–Trinajstić information content (AvgIpc) is 3.04. The van der Waals surface area contributed by atoms with Crippen molar-refractivity contribution in [3.8, 4) is 5.69 Å². The van der Waals surface area contributed by atoms with Crippen molar-refractivity contribution in [3.05, 3.63) is 41.1 Å². The first kappa shape index (κ1) is 18.0. The van der Waals surface area contributed by atoms with Crippen LogP contribution in [0.3, 0.4) is 0 Å². The van der Waals surface area contributed by atoms with E-state index in [0.29, 0.717) is 12.5 Å². The monoisotopic (exact) mass is 343 g/mol. The zero-order valence-electron chi connectivity index (χ0n) is 15.8. The number of nitrogens with zero attached hydrogens (tertiary/aromatic N) is 3. The Bertz CT molecular complexity index is 807. The minimum Gasteiger partial charge on any atom is -0.399 e. The van der Waals surface area contributed by atoms with Gasteiger partial charge in [-0.15, -0.1) is 0 Å². The Morgan fingerprint density at radius 2 is 1.76 bits per heavy atom. The first-order valence-corrected chi connectivity index (χ1v) is 8.70. The molecule has 134 valence electrons. The Kier molecular flexibility index (Phi) is 4.41. The minimum absolute atomic E-state index is 0.00390. The molecule has 3 rings (SSSR count). The second-order valence-electron chi connectivity index (χ2n) is 8.08. The van der Waals surface area contributed by atoms with Crippen molar-refractivity contribution in [2.45, 2.75) is 59.3 Å². The molecule has 0 saturated carbocycles. The lowest BCUT2D eigenvalue weighted by Crippen LogP contribution is -2.41. The van der Waals surface area contributed by atoms with Crippen LogP contribution in [0.15, 0.2) is 35.5 Å². The molecule has 0 atom stereocenters. The lowest BCUT2D eigenvalue weighted by molar-refractivity contribution is 0.00578. The molecular weight excluding hydrogens is 317 g/mol. The Morgan fingerprint density at radius 3 is 2.36 bits per heavy atom. The van der Waals surface area contributed by atoms with Gasteiger partial charge in [-0.05, 0) is 39.7 Å². The van der Waals surface area contributed by atoms with Gasteiger partial charge in [0.1, 0.15) is 0 Å². The fourth-order valence-corrected chi connectivity index (χ4v) is 2.77. The third-order valence-corrected chi connectivity index (χ3v) is 4.92. The van der Waals surface area contributed by atoms with E-state index in [1.807, 2.05) is 40.1 Å². The molecular formula is C18H26BN3O3. The molecule has 0 amide bonds. The molecule has 0 aromatic carbocycles. The summed E-state index contributed by atoms with van der Waals surface area (Å²) >= 11 is 0. The highest BCUT2D eigenvalue weighted by atomic mass is 16.7. The number of rotatable bonds is 4. The summed E-state index contributed by atoms with van der Waals surface area (Å²) in [6.45, 7) is 13.0. The zero-order chi connectivity index (χ0) is 18.4. The van der Waals surface area contributed by atoms with Crippen molar-refractivity contribution < 1.29 is 9.31 Å². The minimum atomic E-state index is -0.444. The Morgan fingerprint density at radius 1 is 1.12 bits per heavy atom. The van der Waals surface area contributed by atoms with Crippen LogP contribution >= 0.6 is 0 Å².